The van der Waals surface area contributed by atoms with E-state index in [1.807, 2.05) is 24.4 Å². The summed E-state index contributed by atoms with van der Waals surface area (Å²) in [6, 6.07) is 8.18. The van der Waals surface area contributed by atoms with Crippen LogP contribution in [0.1, 0.15) is 44.1 Å². The van der Waals surface area contributed by atoms with E-state index in [-0.39, 0.29) is 5.69 Å². The lowest BCUT2D eigenvalue weighted by Gasteiger charge is -2.28. The summed E-state index contributed by atoms with van der Waals surface area (Å²) >= 11 is 0. The van der Waals surface area contributed by atoms with Gasteiger partial charge in [0, 0.05) is 37.6 Å². The number of piperidine rings is 2. The number of aromatic amines is 2. The van der Waals surface area contributed by atoms with Crippen molar-refractivity contribution < 1.29 is 4.39 Å². The smallest absolute Gasteiger partial charge is 0.161 e. The largest absolute Gasteiger partial charge is 0.370 e. The fourth-order valence-electron chi connectivity index (χ4n) is 5.95. The highest BCUT2D eigenvalue weighted by molar-refractivity contribution is 5.97. The Bertz CT molecular complexity index is 1590. The number of rotatable bonds is 5. The van der Waals surface area contributed by atoms with Gasteiger partial charge in [-0.3, -0.25) is 20.0 Å². The molecule has 2 aliphatic rings. The number of nitrogens with one attached hydrogen (secondary N) is 2. The van der Waals surface area contributed by atoms with E-state index in [0.29, 0.717) is 28.0 Å². The van der Waals surface area contributed by atoms with Crippen molar-refractivity contribution in [1.29, 1.82) is 0 Å². The van der Waals surface area contributed by atoms with Gasteiger partial charge in [0.25, 0.3) is 0 Å². The van der Waals surface area contributed by atoms with Crippen LogP contribution >= 0.6 is 0 Å². The molecule has 0 unspecified atom stereocenters. The zero-order valence-electron chi connectivity index (χ0n) is 21.4. The Labute approximate surface area is 220 Å². The molecule has 38 heavy (non-hydrogen) atoms. The predicted octanol–water partition coefficient (Wildman–Crippen LogP) is 5.68. The minimum Gasteiger partial charge on any atom is -0.370 e. The number of likely N-dealkylation sites (tertiary alicyclic amines) is 1. The lowest BCUT2D eigenvalue weighted by atomic mass is 10.1. The van der Waals surface area contributed by atoms with Crippen molar-refractivity contribution in [1.82, 2.24) is 35.0 Å². The van der Waals surface area contributed by atoms with Crippen LogP contribution in [0.15, 0.2) is 42.9 Å². The van der Waals surface area contributed by atoms with Gasteiger partial charge in [0.1, 0.15) is 16.9 Å². The molecule has 194 valence electrons. The Kier molecular flexibility index (Phi) is 6.00. The molecule has 0 bridgehead atoms. The topological polar surface area (TPSA) is 89.6 Å². The van der Waals surface area contributed by atoms with Crippen LogP contribution in [0.2, 0.25) is 0 Å². The molecule has 0 amide bonds. The molecule has 6 heterocycles. The van der Waals surface area contributed by atoms with E-state index in [4.69, 9.17) is 4.98 Å². The van der Waals surface area contributed by atoms with E-state index in [1.54, 1.807) is 12.4 Å². The third kappa shape index (κ3) is 4.20. The van der Waals surface area contributed by atoms with Crippen molar-refractivity contribution in [2.45, 2.75) is 45.1 Å². The van der Waals surface area contributed by atoms with Gasteiger partial charge in [-0.15, -0.1) is 0 Å². The number of imidazole rings is 1. The first-order chi connectivity index (χ1) is 18.7. The minimum absolute atomic E-state index is 0.276. The van der Waals surface area contributed by atoms with Crippen molar-refractivity contribution in [3.8, 4) is 22.8 Å². The van der Waals surface area contributed by atoms with Crippen LogP contribution in [0.25, 0.3) is 44.7 Å². The number of halogens is 1. The molecule has 0 radical (unpaired) electrons. The summed E-state index contributed by atoms with van der Waals surface area (Å²) < 4.78 is 16.1. The number of H-pyrrole nitrogens is 2. The SMILES string of the molecule is Fc1c(-c2cncc(CN3CCCCC3)c2)ncc2[nH]nc(-c3nc4c(N5CCCCC5)cccc4[nH]3)c12. The molecule has 2 aliphatic heterocycles. The highest BCUT2D eigenvalue weighted by Gasteiger charge is 2.22. The van der Waals surface area contributed by atoms with Crippen molar-refractivity contribution in [3.05, 3.63) is 54.2 Å². The number of hydrogen-bond donors (Lipinski definition) is 2. The van der Waals surface area contributed by atoms with E-state index in [2.05, 4.69) is 41.0 Å². The van der Waals surface area contributed by atoms with Crippen molar-refractivity contribution in [2.24, 2.45) is 0 Å². The Balaban J connectivity index is 1.27. The molecule has 0 saturated carbocycles. The van der Waals surface area contributed by atoms with Gasteiger partial charge in [-0.05, 0) is 69.0 Å². The van der Waals surface area contributed by atoms with Gasteiger partial charge in [0.15, 0.2) is 11.6 Å². The maximum Gasteiger partial charge on any atom is 0.161 e. The Hall–Kier alpha value is -3.85. The van der Waals surface area contributed by atoms with Gasteiger partial charge < -0.3 is 9.88 Å². The number of aromatic nitrogens is 6. The van der Waals surface area contributed by atoms with Gasteiger partial charge in [-0.2, -0.15) is 5.10 Å². The molecule has 7 rings (SSSR count). The molecule has 1 aromatic carbocycles. The Morgan fingerprint density at radius 2 is 1.68 bits per heavy atom. The number of benzene rings is 1. The normalized spacial score (nSPS) is 17.0. The van der Waals surface area contributed by atoms with Gasteiger partial charge in [-0.1, -0.05) is 12.5 Å². The molecule has 2 saturated heterocycles. The van der Waals surface area contributed by atoms with Gasteiger partial charge in [-0.25, -0.2) is 9.37 Å². The average Bonchev–Trinajstić information content (AvgIpc) is 3.59. The van der Waals surface area contributed by atoms with E-state index >= 15 is 4.39 Å². The number of para-hydroxylation sites is 1. The first-order valence-corrected chi connectivity index (χ1v) is 13.7. The van der Waals surface area contributed by atoms with Crippen LogP contribution < -0.4 is 4.90 Å². The van der Waals surface area contributed by atoms with E-state index in [0.717, 1.165) is 55.0 Å². The van der Waals surface area contributed by atoms with Crippen LogP contribution in [0, 0.1) is 5.82 Å². The Morgan fingerprint density at radius 3 is 2.53 bits per heavy atom. The van der Waals surface area contributed by atoms with E-state index in [1.165, 1.54) is 38.5 Å². The molecular formula is C29H31FN8. The van der Waals surface area contributed by atoms with E-state index < -0.39 is 5.82 Å². The molecule has 9 heteroatoms. The number of pyridine rings is 2. The van der Waals surface area contributed by atoms with Gasteiger partial charge in [0.2, 0.25) is 0 Å². The maximum atomic E-state index is 16.1. The lowest BCUT2D eigenvalue weighted by Crippen LogP contribution is -2.29. The van der Waals surface area contributed by atoms with Crippen molar-refractivity contribution >= 4 is 27.6 Å². The summed E-state index contributed by atoms with van der Waals surface area (Å²) in [6.45, 7) is 5.07. The predicted molar refractivity (Wildman–Crippen MR) is 147 cm³/mol. The van der Waals surface area contributed by atoms with Crippen molar-refractivity contribution in [2.75, 3.05) is 31.1 Å². The Morgan fingerprint density at radius 1 is 0.868 bits per heavy atom. The van der Waals surface area contributed by atoms with E-state index in [9.17, 15) is 0 Å². The number of nitrogens with zero attached hydrogens (tertiary/aromatic N) is 6. The summed E-state index contributed by atoms with van der Waals surface area (Å²) in [4.78, 5) is 22.0. The van der Waals surface area contributed by atoms with Crippen LogP contribution in [-0.2, 0) is 6.54 Å². The summed E-state index contributed by atoms with van der Waals surface area (Å²) in [5.74, 6) is 0.128. The zero-order valence-corrected chi connectivity index (χ0v) is 21.4. The minimum atomic E-state index is -0.417. The lowest BCUT2D eigenvalue weighted by molar-refractivity contribution is 0.220. The van der Waals surface area contributed by atoms with Crippen molar-refractivity contribution in [3.63, 3.8) is 0 Å². The summed E-state index contributed by atoms with van der Waals surface area (Å²) in [5.41, 5.74) is 5.94. The first kappa shape index (κ1) is 23.3. The second kappa shape index (κ2) is 9.79. The third-order valence-electron chi connectivity index (χ3n) is 7.88. The number of fused-ring (bicyclic) bond motifs is 2. The molecule has 0 spiro atoms. The van der Waals surface area contributed by atoms with Crippen LogP contribution in [0.4, 0.5) is 10.1 Å². The fraction of sp³-hybridized carbons (Fsp3) is 0.379. The second-order valence-corrected chi connectivity index (χ2v) is 10.5. The maximum absolute atomic E-state index is 16.1. The standard InChI is InChI=1S/C29H31FN8/c30-25-24-22(17-32-26(25)20-14-19(15-31-16-20)18-37-10-3-1-4-11-37)35-36-28(24)29-33-21-8-7-9-23(27(21)34-29)38-12-5-2-6-13-38/h7-9,14-17H,1-6,10-13,18H2,(H,33,34)(H,35,36). The summed E-state index contributed by atoms with van der Waals surface area (Å²) in [5, 5.41) is 7.79. The average molecular weight is 511 g/mol. The molecule has 2 fully saturated rings. The van der Waals surface area contributed by atoms with Gasteiger partial charge >= 0.3 is 0 Å². The summed E-state index contributed by atoms with van der Waals surface area (Å²) in [7, 11) is 0. The number of anilines is 1. The number of hydrogen-bond acceptors (Lipinski definition) is 6. The third-order valence-corrected chi connectivity index (χ3v) is 7.88. The molecule has 0 aliphatic carbocycles. The molecule has 0 atom stereocenters. The van der Waals surface area contributed by atoms with Crippen LogP contribution in [0.3, 0.4) is 0 Å². The van der Waals surface area contributed by atoms with Crippen LogP contribution in [0.5, 0.6) is 0 Å². The molecule has 4 aromatic heterocycles. The molecular weight excluding hydrogens is 479 g/mol. The van der Waals surface area contributed by atoms with Gasteiger partial charge in [0.05, 0.1) is 28.3 Å². The molecule has 2 N–H and O–H groups in total. The summed E-state index contributed by atoms with van der Waals surface area (Å²) in [6.07, 6.45) is 12.6. The quantitative estimate of drug-likeness (QED) is 0.316. The highest BCUT2D eigenvalue weighted by Crippen LogP contribution is 2.34. The second-order valence-electron chi connectivity index (χ2n) is 10.5. The molecule has 8 nitrogen and oxygen atoms in total. The fourth-order valence-corrected chi connectivity index (χ4v) is 5.95. The van der Waals surface area contributed by atoms with Crippen LogP contribution in [-0.4, -0.2) is 61.2 Å². The molecule has 5 aromatic rings. The highest BCUT2D eigenvalue weighted by atomic mass is 19.1. The first-order valence-electron chi connectivity index (χ1n) is 13.7. The zero-order chi connectivity index (χ0) is 25.5. The monoisotopic (exact) mass is 510 g/mol.